The summed E-state index contributed by atoms with van der Waals surface area (Å²) in [5.41, 5.74) is 1.25. The number of guanidine groups is 1. The Kier molecular flexibility index (Phi) is 8.86. The summed E-state index contributed by atoms with van der Waals surface area (Å²) < 4.78 is 0. The van der Waals surface area contributed by atoms with E-state index in [-0.39, 0.29) is 24.0 Å². The Bertz CT molecular complexity index is 537. The maximum atomic E-state index is 4.58. The Morgan fingerprint density at radius 3 is 2.86 bits per heavy atom. The van der Waals surface area contributed by atoms with E-state index in [9.17, 15) is 0 Å². The van der Waals surface area contributed by atoms with E-state index >= 15 is 0 Å². The van der Waals surface area contributed by atoms with Crippen molar-refractivity contribution in [2.75, 3.05) is 13.1 Å². The van der Waals surface area contributed by atoms with Crippen molar-refractivity contribution < 1.29 is 0 Å². The summed E-state index contributed by atoms with van der Waals surface area (Å²) >= 11 is 3.46. The summed E-state index contributed by atoms with van der Waals surface area (Å²) in [6, 6.07) is 2.11. The van der Waals surface area contributed by atoms with Crippen LogP contribution in [0.15, 0.2) is 28.0 Å². The Labute approximate surface area is 151 Å². The van der Waals surface area contributed by atoms with E-state index in [1.54, 1.807) is 22.7 Å². The number of halogens is 1. The molecule has 0 bridgehead atoms. The number of hydrogen-bond acceptors (Lipinski definition) is 4. The fourth-order valence-electron chi connectivity index (χ4n) is 1.70. The number of hydrogen-bond donors (Lipinski definition) is 2. The predicted molar refractivity (Wildman–Crippen MR) is 103 cm³/mol. The Morgan fingerprint density at radius 1 is 1.38 bits per heavy atom. The zero-order valence-corrected chi connectivity index (χ0v) is 16.2. The van der Waals surface area contributed by atoms with E-state index in [0.717, 1.165) is 32.0 Å². The van der Waals surface area contributed by atoms with E-state index in [2.05, 4.69) is 51.3 Å². The third-order valence-electron chi connectivity index (χ3n) is 2.64. The first kappa shape index (κ1) is 18.4. The largest absolute Gasteiger partial charge is 0.357 e. The van der Waals surface area contributed by atoms with Gasteiger partial charge in [0, 0.05) is 30.6 Å². The van der Waals surface area contributed by atoms with Crippen LogP contribution in [0.5, 0.6) is 0 Å². The Hall–Kier alpha value is -0.670. The summed E-state index contributed by atoms with van der Waals surface area (Å²) in [6.45, 7) is 6.59. The first-order valence-corrected chi connectivity index (χ1v) is 8.48. The van der Waals surface area contributed by atoms with Crippen molar-refractivity contribution in [2.45, 2.75) is 26.8 Å². The molecule has 0 aliphatic rings. The minimum absolute atomic E-state index is 0. The molecule has 0 aromatic carbocycles. The molecule has 0 saturated carbocycles. The van der Waals surface area contributed by atoms with Crippen LogP contribution in [0.4, 0.5) is 0 Å². The second-order valence-corrected chi connectivity index (χ2v) is 6.47. The second kappa shape index (κ2) is 10.1. The van der Waals surface area contributed by atoms with Gasteiger partial charge < -0.3 is 10.6 Å². The fourth-order valence-corrected chi connectivity index (χ4v) is 3.15. The summed E-state index contributed by atoms with van der Waals surface area (Å²) in [5.74, 6) is 0.868. The summed E-state index contributed by atoms with van der Waals surface area (Å²) in [6.07, 6.45) is 2.86. The lowest BCUT2D eigenvalue weighted by molar-refractivity contribution is 0.797. The van der Waals surface area contributed by atoms with Gasteiger partial charge in [-0.25, -0.2) is 9.98 Å². The minimum Gasteiger partial charge on any atom is -0.357 e. The van der Waals surface area contributed by atoms with Gasteiger partial charge in [-0.05, 0) is 36.2 Å². The van der Waals surface area contributed by atoms with Crippen molar-refractivity contribution in [1.82, 2.24) is 15.6 Å². The van der Waals surface area contributed by atoms with Crippen molar-refractivity contribution in [2.24, 2.45) is 4.99 Å². The summed E-state index contributed by atoms with van der Waals surface area (Å²) in [5, 5.41) is 12.0. The number of nitrogens with zero attached hydrogens (tertiary/aromatic N) is 2. The van der Waals surface area contributed by atoms with Gasteiger partial charge in [0.15, 0.2) is 5.96 Å². The van der Waals surface area contributed by atoms with E-state index in [4.69, 9.17) is 0 Å². The lowest BCUT2D eigenvalue weighted by atomic mass is 10.3. The molecular formula is C14H21IN4S2. The van der Waals surface area contributed by atoms with Gasteiger partial charge >= 0.3 is 0 Å². The average Bonchev–Trinajstić information content (AvgIpc) is 3.08. The van der Waals surface area contributed by atoms with Crippen LogP contribution in [0.3, 0.4) is 0 Å². The SMILES string of the molecule is CCNC(=NCc1ccsc1)NCCc1ncc(C)s1.I. The van der Waals surface area contributed by atoms with Gasteiger partial charge in [-0.2, -0.15) is 11.3 Å². The van der Waals surface area contributed by atoms with Crippen LogP contribution in [0.25, 0.3) is 0 Å². The number of thiophene rings is 1. The molecule has 2 heterocycles. The number of aromatic nitrogens is 1. The van der Waals surface area contributed by atoms with E-state index in [1.807, 2.05) is 6.20 Å². The van der Waals surface area contributed by atoms with Crippen molar-refractivity contribution in [3.05, 3.63) is 38.5 Å². The highest BCUT2D eigenvalue weighted by atomic mass is 127. The normalized spacial score (nSPS) is 11.0. The number of aliphatic imine (C=N–C) groups is 1. The van der Waals surface area contributed by atoms with Crippen LogP contribution in [0.1, 0.15) is 22.4 Å². The molecule has 0 amide bonds. The van der Waals surface area contributed by atoms with Crippen LogP contribution in [0, 0.1) is 6.92 Å². The van der Waals surface area contributed by atoms with E-state index in [0.29, 0.717) is 0 Å². The minimum atomic E-state index is 0. The molecule has 0 unspecified atom stereocenters. The highest BCUT2D eigenvalue weighted by Crippen LogP contribution is 2.11. The van der Waals surface area contributed by atoms with Crippen molar-refractivity contribution in [3.8, 4) is 0 Å². The van der Waals surface area contributed by atoms with Gasteiger partial charge in [0.05, 0.1) is 11.6 Å². The van der Waals surface area contributed by atoms with Crippen LogP contribution in [-0.4, -0.2) is 24.0 Å². The topological polar surface area (TPSA) is 49.3 Å². The molecule has 2 rings (SSSR count). The second-order valence-electron chi connectivity index (χ2n) is 4.37. The zero-order valence-electron chi connectivity index (χ0n) is 12.3. The molecule has 2 aromatic rings. The molecular weight excluding hydrogens is 415 g/mol. The maximum absolute atomic E-state index is 4.58. The standard InChI is InChI=1S/C14H20N4S2.HI/c1-3-15-14(18-9-12-5-7-19-10-12)16-6-4-13-17-8-11(2)20-13;/h5,7-8,10H,3-4,6,9H2,1-2H3,(H2,15,16,18);1H. The highest BCUT2D eigenvalue weighted by Gasteiger charge is 2.01. The molecule has 0 fully saturated rings. The molecule has 0 radical (unpaired) electrons. The van der Waals surface area contributed by atoms with Gasteiger partial charge in [0.1, 0.15) is 0 Å². The zero-order chi connectivity index (χ0) is 14.2. The summed E-state index contributed by atoms with van der Waals surface area (Å²) in [4.78, 5) is 10.2. The fraction of sp³-hybridized carbons (Fsp3) is 0.429. The third-order valence-corrected chi connectivity index (χ3v) is 4.35. The Balaban J connectivity index is 0.00000220. The molecule has 0 saturated heterocycles. The van der Waals surface area contributed by atoms with Crippen LogP contribution in [-0.2, 0) is 13.0 Å². The number of thiazole rings is 1. The number of nitrogens with one attached hydrogen (secondary N) is 2. The predicted octanol–water partition coefficient (Wildman–Crippen LogP) is 3.43. The van der Waals surface area contributed by atoms with Gasteiger partial charge in [0.25, 0.3) is 0 Å². The third kappa shape index (κ3) is 6.75. The molecule has 0 aliphatic carbocycles. The molecule has 0 atom stereocenters. The van der Waals surface area contributed by atoms with Gasteiger partial charge in [0.2, 0.25) is 0 Å². The molecule has 116 valence electrons. The monoisotopic (exact) mass is 436 g/mol. The van der Waals surface area contributed by atoms with Crippen LogP contribution >= 0.6 is 46.7 Å². The molecule has 0 aliphatic heterocycles. The smallest absolute Gasteiger partial charge is 0.191 e. The van der Waals surface area contributed by atoms with Crippen molar-refractivity contribution >= 4 is 52.6 Å². The van der Waals surface area contributed by atoms with E-state index in [1.165, 1.54) is 15.4 Å². The number of aryl methyl sites for hydroxylation is 1. The van der Waals surface area contributed by atoms with Crippen LogP contribution < -0.4 is 10.6 Å². The molecule has 0 spiro atoms. The molecule has 7 heteroatoms. The van der Waals surface area contributed by atoms with Crippen LogP contribution in [0.2, 0.25) is 0 Å². The van der Waals surface area contributed by atoms with Gasteiger partial charge in [-0.15, -0.1) is 35.3 Å². The van der Waals surface area contributed by atoms with Crippen molar-refractivity contribution in [1.29, 1.82) is 0 Å². The lowest BCUT2D eigenvalue weighted by Crippen LogP contribution is -2.38. The Morgan fingerprint density at radius 2 is 2.24 bits per heavy atom. The quantitative estimate of drug-likeness (QED) is 0.415. The molecule has 2 aromatic heterocycles. The van der Waals surface area contributed by atoms with E-state index < -0.39 is 0 Å². The highest BCUT2D eigenvalue weighted by molar-refractivity contribution is 14.0. The first-order valence-electron chi connectivity index (χ1n) is 6.72. The summed E-state index contributed by atoms with van der Waals surface area (Å²) in [7, 11) is 0. The molecule has 4 nitrogen and oxygen atoms in total. The van der Waals surface area contributed by atoms with Gasteiger partial charge in [-0.3, -0.25) is 0 Å². The maximum Gasteiger partial charge on any atom is 0.191 e. The molecule has 2 N–H and O–H groups in total. The molecule has 21 heavy (non-hydrogen) atoms. The van der Waals surface area contributed by atoms with Crippen molar-refractivity contribution in [3.63, 3.8) is 0 Å². The lowest BCUT2D eigenvalue weighted by Gasteiger charge is -2.10. The first-order chi connectivity index (χ1) is 9.78. The number of rotatable bonds is 6. The average molecular weight is 436 g/mol. The van der Waals surface area contributed by atoms with Gasteiger partial charge in [-0.1, -0.05) is 0 Å².